The van der Waals surface area contributed by atoms with Crippen LogP contribution < -0.4 is 16.0 Å². The summed E-state index contributed by atoms with van der Waals surface area (Å²) in [5, 5.41) is 8.12. The van der Waals surface area contributed by atoms with Crippen molar-refractivity contribution < 1.29 is 14.3 Å². The Labute approximate surface area is 126 Å². The third-order valence-corrected chi connectivity index (χ3v) is 3.05. The van der Waals surface area contributed by atoms with Crippen molar-refractivity contribution in [3.8, 4) is 0 Å². The van der Waals surface area contributed by atoms with E-state index in [-0.39, 0.29) is 6.54 Å². The number of anilines is 1. The highest BCUT2D eigenvalue weighted by Crippen LogP contribution is 2.29. The van der Waals surface area contributed by atoms with E-state index in [4.69, 9.17) is 27.9 Å². The molecule has 0 heterocycles. The lowest BCUT2D eigenvalue weighted by Gasteiger charge is -2.09. The fourth-order valence-electron chi connectivity index (χ4n) is 1.30. The second kappa shape index (κ2) is 8.63. The molecule has 6 nitrogen and oxygen atoms in total. The summed E-state index contributed by atoms with van der Waals surface area (Å²) in [5.74, 6) is -0.490. The molecule has 0 saturated carbocycles. The number of methoxy groups -OCH3 is 1. The zero-order chi connectivity index (χ0) is 15.0. The average Bonchev–Trinajstić information content (AvgIpc) is 2.41. The summed E-state index contributed by atoms with van der Waals surface area (Å²) >= 11 is 11.8. The third-order valence-electron chi connectivity index (χ3n) is 2.24. The molecule has 0 aliphatic carbocycles. The van der Waals surface area contributed by atoms with Crippen LogP contribution in [0.2, 0.25) is 10.0 Å². The highest BCUT2D eigenvalue weighted by Gasteiger charge is 2.09. The molecule has 0 aliphatic heterocycles. The molecule has 3 amide bonds. The zero-order valence-electron chi connectivity index (χ0n) is 10.8. The van der Waals surface area contributed by atoms with Gasteiger partial charge < -0.3 is 15.4 Å². The maximum Gasteiger partial charge on any atom is 0.321 e. The Morgan fingerprint density at radius 1 is 1.30 bits per heavy atom. The summed E-state index contributed by atoms with van der Waals surface area (Å²) in [7, 11) is 1.52. The summed E-state index contributed by atoms with van der Waals surface area (Å²) in [6, 6.07) is 4.44. The molecule has 0 spiro atoms. The highest BCUT2D eigenvalue weighted by atomic mass is 35.5. The summed E-state index contributed by atoms with van der Waals surface area (Å²) in [5.41, 5.74) is 0.522. The predicted octanol–water partition coefficient (Wildman–Crippen LogP) is 1.88. The van der Waals surface area contributed by atoms with Crippen LogP contribution in [-0.2, 0) is 9.53 Å². The van der Waals surface area contributed by atoms with Gasteiger partial charge in [-0.25, -0.2) is 4.79 Å². The molecule has 3 N–H and O–H groups in total. The van der Waals surface area contributed by atoms with E-state index in [1.54, 1.807) is 18.2 Å². The fraction of sp³-hybridized carbons (Fsp3) is 0.333. The smallest absolute Gasteiger partial charge is 0.321 e. The van der Waals surface area contributed by atoms with Gasteiger partial charge in [0, 0.05) is 13.7 Å². The van der Waals surface area contributed by atoms with Crippen molar-refractivity contribution in [3.63, 3.8) is 0 Å². The third kappa shape index (κ3) is 5.64. The van der Waals surface area contributed by atoms with Crippen LogP contribution in [-0.4, -0.2) is 38.7 Å². The van der Waals surface area contributed by atoms with Crippen LogP contribution in [0.3, 0.4) is 0 Å². The van der Waals surface area contributed by atoms with Gasteiger partial charge >= 0.3 is 6.03 Å². The van der Waals surface area contributed by atoms with E-state index >= 15 is 0 Å². The molecular weight excluding hydrogens is 305 g/mol. The van der Waals surface area contributed by atoms with Crippen molar-refractivity contribution in [1.82, 2.24) is 10.6 Å². The Bertz CT molecular complexity index is 483. The van der Waals surface area contributed by atoms with E-state index in [1.807, 2.05) is 0 Å². The van der Waals surface area contributed by atoms with Gasteiger partial charge in [-0.2, -0.15) is 0 Å². The van der Waals surface area contributed by atoms with Gasteiger partial charge in [0.05, 0.1) is 28.9 Å². The van der Waals surface area contributed by atoms with Crippen molar-refractivity contribution in [2.45, 2.75) is 0 Å². The first kappa shape index (κ1) is 16.6. The minimum atomic E-state index is -0.578. The topological polar surface area (TPSA) is 79.5 Å². The molecule has 0 fully saturated rings. The van der Waals surface area contributed by atoms with E-state index in [9.17, 15) is 9.59 Å². The molecule has 20 heavy (non-hydrogen) atoms. The molecule has 1 aromatic carbocycles. The number of amides is 3. The number of carbonyl (C=O) groups excluding carboxylic acids is 2. The SMILES string of the molecule is COCCNC(=O)NC(=O)CNc1cccc(Cl)c1Cl. The van der Waals surface area contributed by atoms with Gasteiger partial charge in [0.2, 0.25) is 5.91 Å². The van der Waals surface area contributed by atoms with Gasteiger partial charge in [0.15, 0.2) is 0 Å². The minimum absolute atomic E-state index is 0.0994. The molecule has 110 valence electrons. The van der Waals surface area contributed by atoms with Crippen molar-refractivity contribution in [2.75, 3.05) is 32.1 Å². The Balaban J connectivity index is 2.36. The van der Waals surface area contributed by atoms with E-state index in [2.05, 4.69) is 16.0 Å². The van der Waals surface area contributed by atoms with Gasteiger partial charge in [-0.3, -0.25) is 10.1 Å². The van der Waals surface area contributed by atoms with Crippen LogP contribution in [0.1, 0.15) is 0 Å². The van der Waals surface area contributed by atoms with Crippen LogP contribution in [0.4, 0.5) is 10.5 Å². The predicted molar refractivity (Wildman–Crippen MR) is 78.4 cm³/mol. The molecule has 0 saturated heterocycles. The van der Waals surface area contributed by atoms with Crippen molar-refractivity contribution in [3.05, 3.63) is 28.2 Å². The molecule has 0 atom stereocenters. The lowest BCUT2D eigenvalue weighted by atomic mass is 10.3. The van der Waals surface area contributed by atoms with Crippen LogP contribution in [0, 0.1) is 0 Å². The molecule has 0 radical (unpaired) electrons. The Hall–Kier alpha value is -1.50. The number of hydrogen-bond acceptors (Lipinski definition) is 4. The summed E-state index contributed by atoms with van der Waals surface area (Å²) in [6.45, 7) is 0.596. The number of urea groups is 1. The lowest BCUT2D eigenvalue weighted by molar-refractivity contribution is -0.118. The standard InChI is InChI=1S/C12H15Cl2N3O3/c1-20-6-5-15-12(19)17-10(18)7-16-9-4-2-3-8(13)11(9)14/h2-4,16H,5-7H2,1H3,(H2,15,17,18,19). The molecule has 0 bridgehead atoms. The van der Waals surface area contributed by atoms with Crippen LogP contribution in [0.25, 0.3) is 0 Å². The van der Waals surface area contributed by atoms with Crippen molar-refractivity contribution in [2.24, 2.45) is 0 Å². The maximum atomic E-state index is 11.5. The Morgan fingerprint density at radius 2 is 2.05 bits per heavy atom. The normalized spacial score (nSPS) is 9.95. The Kier molecular flexibility index (Phi) is 7.14. The first-order chi connectivity index (χ1) is 9.54. The van der Waals surface area contributed by atoms with E-state index in [0.717, 1.165) is 0 Å². The lowest BCUT2D eigenvalue weighted by Crippen LogP contribution is -2.42. The fourth-order valence-corrected chi connectivity index (χ4v) is 1.66. The summed E-state index contributed by atoms with van der Waals surface area (Å²) in [6.07, 6.45) is 0. The molecular formula is C12H15Cl2N3O3. The molecule has 0 aliphatic rings. The Morgan fingerprint density at radius 3 is 2.75 bits per heavy atom. The molecule has 0 unspecified atom stereocenters. The largest absolute Gasteiger partial charge is 0.383 e. The van der Waals surface area contributed by atoms with E-state index < -0.39 is 11.9 Å². The molecule has 1 aromatic rings. The molecule has 8 heteroatoms. The first-order valence-corrected chi connectivity index (χ1v) is 6.54. The number of nitrogens with one attached hydrogen (secondary N) is 3. The van der Waals surface area contributed by atoms with Crippen LogP contribution >= 0.6 is 23.2 Å². The molecule has 1 rings (SSSR count). The number of rotatable bonds is 6. The van der Waals surface area contributed by atoms with Crippen molar-refractivity contribution >= 4 is 40.8 Å². The number of imide groups is 1. The van der Waals surface area contributed by atoms with Crippen molar-refractivity contribution in [1.29, 1.82) is 0 Å². The van der Waals surface area contributed by atoms with E-state index in [0.29, 0.717) is 28.9 Å². The maximum absolute atomic E-state index is 11.5. The molecule has 0 aromatic heterocycles. The summed E-state index contributed by atoms with van der Waals surface area (Å²) < 4.78 is 4.76. The number of halogens is 2. The van der Waals surface area contributed by atoms with E-state index in [1.165, 1.54) is 7.11 Å². The number of carbonyl (C=O) groups is 2. The number of ether oxygens (including phenoxy) is 1. The van der Waals surface area contributed by atoms with Gasteiger partial charge in [0.1, 0.15) is 0 Å². The first-order valence-electron chi connectivity index (χ1n) is 5.79. The highest BCUT2D eigenvalue weighted by molar-refractivity contribution is 6.43. The van der Waals surface area contributed by atoms with Gasteiger partial charge in [-0.1, -0.05) is 29.3 Å². The van der Waals surface area contributed by atoms with Gasteiger partial charge in [-0.15, -0.1) is 0 Å². The van der Waals surface area contributed by atoms with Crippen LogP contribution in [0.15, 0.2) is 18.2 Å². The van der Waals surface area contributed by atoms with Gasteiger partial charge in [-0.05, 0) is 12.1 Å². The van der Waals surface area contributed by atoms with Crippen LogP contribution in [0.5, 0.6) is 0 Å². The second-order valence-electron chi connectivity index (χ2n) is 3.75. The number of hydrogen-bond donors (Lipinski definition) is 3. The minimum Gasteiger partial charge on any atom is -0.383 e. The monoisotopic (exact) mass is 319 g/mol. The zero-order valence-corrected chi connectivity index (χ0v) is 12.3. The average molecular weight is 320 g/mol. The number of benzene rings is 1. The van der Waals surface area contributed by atoms with Gasteiger partial charge in [0.25, 0.3) is 0 Å². The summed E-state index contributed by atoms with van der Waals surface area (Å²) in [4.78, 5) is 22.8. The second-order valence-corrected chi connectivity index (χ2v) is 4.54. The quantitative estimate of drug-likeness (QED) is 0.699.